The zero-order valence-electron chi connectivity index (χ0n) is 14.3. The molecular weight excluding hydrogens is 314 g/mol. The molecule has 1 aromatic carbocycles. The molecule has 0 atom stereocenters. The van der Waals surface area contributed by atoms with E-state index in [4.69, 9.17) is 0 Å². The minimum atomic E-state index is -0.171. The molecule has 0 spiro atoms. The maximum absolute atomic E-state index is 12.8. The van der Waals surface area contributed by atoms with Gasteiger partial charge in [-0.3, -0.25) is 9.48 Å². The van der Waals surface area contributed by atoms with E-state index in [-0.39, 0.29) is 5.91 Å². The molecule has 6 heteroatoms. The van der Waals surface area contributed by atoms with Gasteiger partial charge in [-0.1, -0.05) is 30.3 Å². The highest BCUT2D eigenvalue weighted by atomic mass is 16.2. The van der Waals surface area contributed by atoms with Crippen molar-refractivity contribution in [2.45, 2.75) is 26.2 Å². The summed E-state index contributed by atoms with van der Waals surface area (Å²) in [5.41, 5.74) is 4.46. The van der Waals surface area contributed by atoms with E-state index in [1.54, 1.807) is 10.7 Å². The van der Waals surface area contributed by atoms with Crippen molar-refractivity contribution in [1.82, 2.24) is 19.7 Å². The van der Waals surface area contributed by atoms with Crippen LogP contribution in [0.3, 0.4) is 0 Å². The van der Waals surface area contributed by atoms with Gasteiger partial charge in [-0.05, 0) is 26.2 Å². The van der Waals surface area contributed by atoms with Gasteiger partial charge in [-0.15, -0.1) is 0 Å². The molecular formula is C19H19N5O. The Morgan fingerprint density at radius 2 is 1.96 bits per heavy atom. The standard InChI is InChI=1S/C19H19N5O/c1-12-11-16(21-18(20-12)13-7-4-3-5-8-13)22-19(25)17-14-9-6-10-15(14)23-24(17)2/h3-5,7-8,11H,6,9-10H2,1-2H3,(H,20,21,22,25). The fraction of sp³-hybridized carbons (Fsp3) is 0.263. The van der Waals surface area contributed by atoms with Gasteiger partial charge in [0.25, 0.3) is 5.91 Å². The van der Waals surface area contributed by atoms with Crippen LogP contribution in [-0.2, 0) is 19.9 Å². The molecule has 1 N–H and O–H groups in total. The molecule has 0 unspecified atom stereocenters. The van der Waals surface area contributed by atoms with Crippen molar-refractivity contribution in [3.8, 4) is 11.4 Å². The molecule has 25 heavy (non-hydrogen) atoms. The van der Waals surface area contributed by atoms with Crippen LogP contribution in [0.15, 0.2) is 36.4 Å². The molecule has 126 valence electrons. The van der Waals surface area contributed by atoms with Crippen LogP contribution in [0.25, 0.3) is 11.4 Å². The van der Waals surface area contributed by atoms with Crippen LogP contribution in [0.1, 0.15) is 33.9 Å². The van der Waals surface area contributed by atoms with E-state index < -0.39 is 0 Å². The average Bonchev–Trinajstić information content (AvgIpc) is 3.14. The number of carbonyl (C=O) groups excluding carboxylic acids is 1. The van der Waals surface area contributed by atoms with E-state index in [1.165, 1.54) is 0 Å². The maximum atomic E-state index is 12.8. The number of anilines is 1. The summed E-state index contributed by atoms with van der Waals surface area (Å²) < 4.78 is 1.67. The summed E-state index contributed by atoms with van der Waals surface area (Å²) >= 11 is 0. The first-order valence-electron chi connectivity index (χ1n) is 8.39. The van der Waals surface area contributed by atoms with Crippen LogP contribution in [-0.4, -0.2) is 25.7 Å². The number of hydrogen-bond acceptors (Lipinski definition) is 4. The highest BCUT2D eigenvalue weighted by molar-refractivity contribution is 6.04. The lowest BCUT2D eigenvalue weighted by molar-refractivity contribution is 0.101. The average molecular weight is 333 g/mol. The number of nitrogens with one attached hydrogen (secondary N) is 1. The summed E-state index contributed by atoms with van der Waals surface area (Å²) in [5, 5.41) is 7.37. The lowest BCUT2D eigenvalue weighted by Crippen LogP contribution is -2.19. The summed E-state index contributed by atoms with van der Waals surface area (Å²) in [4.78, 5) is 21.8. The van der Waals surface area contributed by atoms with Gasteiger partial charge in [0.15, 0.2) is 5.82 Å². The Hall–Kier alpha value is -3.02. The van der Waals surface area contributed by atoms with E-state index in [0.717, 1.165) is 41.8 Å². The van der Waals surface area contributed by atoms with Crippen LogP contribution < -0.4 is 5.32 Å². The first-order valence-corrected chi connectivity index (χ1v) is 8.39. The molecule has 1 aliphatic carbocycles. The second-order valence-corrected chi connectivity index (χ2v) is 6.29. The van der Waals surface area contributed by atoms with Crippen LogP contribution in [0.2, 0.25) is 0 Å². The Kier molecular flexibility index (Phi) is 3.80. The minimum Gasteiger partial charge on any atom is -0.305 e. The number of hydrogen-bond donors (Lipinski definition) is 1. The predicted octanol–water partition coefficient (Wildman–Crippen LogP) is 2.93. The molecule has 1 amide bonds. The Balaban J connectivity index is 1.65. The third-order valence-electron chi connectivity index (χ3n) is 4.41. The molecule has 0 aliphatic heterocycles. The second kappa shape index (κ2) is 6.12. The Morgan fingerprint density at radius 3 is 2.76 bits per heavy atom. The number of fused-ring (bicyclic) bond motifs is 1. The predicted molar refractivity (Wildman–Crippen MR) is 95.4 cm³/mol. The fourth-order valence-electron chi connectivity index (χ4n) is 3.33. The van der Waals surface area contributed by atoms with Crippen molar-refractivity contribution in [3.05, 3.63) is 59.0 Å². The zero-order valence-corrected chi connectivity index (χ0v) is 14.3. The van der Waals surface area contributed by atoms with Gasteiger partial charge in [0.05, 0.1) is 5.69 Å². The molecule has 4 rings (SSSR count). The van der Waals surface area contributed by atoms with Crippen LogP contribution >= 0.6 is 0 Å². The van der Waals surface area contributed by atoms with Crippen LogP contribution in [0.5, 0.6) is 0 Å². The van der Waals surface area contributed by atoms with Gasteiger partial charge in [0, 0.05) is 29.9 Å². The molecule has 0 fully saturated rings. The molecule has 0 saturated heterocycles. The lowest BCUT2D eigenvalue weighted by Gasteiger charge is -2.09. The minimum absolute atomic E-state index is 0.171. The molecule has 2 heterocycles. The third kappa shape index (κ3) is 2.91. The molecule has 6 nitrogen and oxygen atoms in total. The summed E-state index contributed by atoms with van der Waals surface area (Å²) in [6.07, 6.45) is 2.91. The first kappa shape index (κ1) is 15.5. The number of aromatic nitrogens is 4. The van der Waals surface area contributed by atoms with Gasteiger partial charge in [0.2, 0.25) is 0 Å². The van der Waals surface area contributed by atoms with Gasteiger partial charge in [0.1, 0.15) is 11.5 Å². The molecule has 0 bridgehead atoms. The third-order valence-corrected chi connectivity index (χ3v) is 4.41. The summed E-state index contributed by atoms with van der Waals surface area (Å²) in [5.74, 6) is 0.936. The van der Waals surface area contributed by atoms with Crippen LogP contribution in [0, 0.1) is 6.92 Å². The number of rotatable bonds is 3. The summed E-state index contributed by atoms with van der Waals surface area (Å²) in [6.45, 7) is 1.89. The summed E-state index contributed by atoms with van der Waals surface area (Å²) in [7, 11) is 1.81. The SMILES string of the molecule is Cc1cc(NC(=O)c2c3c(nn2C)CCC3)nc(-c2ccccc2)n1. The Morgan fingerprint density at radius 1 is 1.16 bits per heavy atom. The number of amides is 1. The van der Waals surface area contributed by atoms with E-state index in [2.05, 4.69) is 20.4 Å². The number of nitrogens with zero attached hydrogens (tertiary/aromatic N) is 4. The van der Waals surface area contributed by atoms with Crippen molar-refractivity contribution < 1.29 is 4.79 Å². The van der Waals surface area contributed by atoms with E-state index >= 15 is 0 Å². The Labute approximate surface area is 145 Å². The number of aryl methyl sites for hydroxylation is 3. The largest absolute Gasteiger partial charge is 0.305 e. The quantitative estimate of drug-likeness (QED) is 0.800. The van der Waals surface area contributed by atoms with E-state index in [1.807, 2.05) is 44.3 Å². The van der Waals surface area contributed by atoms with Crippen molar-refractivity contribution >= 4 is 11.7 Å². The topological polar surface area (TPSA) is 72.7 Å². The lowest BCUT2D eigenvalue weighted by atomic mass is 10.2. The van der Waals surface area contributed by atoms with Gasteiger partial charge >= 0.3 is 0 Å². The molecule has 2 aromatic heterocycles. The number of carbonyl (C=O) groups is 1. The van der Waals surface area contributed by atoms with Crippen molar-refractivity contribution in [3.63, 3.8) is 0 Å². The maximum Gasteiger partial charge on any atom is 0.275 e. The highest BCUT2D eigenvalue weighted by Gasteiger charge is 2.25. The van der Waals surface area contributed by atoms with Crippen molar-refractivity contribution in [1.29, 1.82) is 0 Å². The van der Waals surface area contributed by atoms with Gasteiger partial charge in [-0.25, -0.2) is 9.97 Å². The smallest absolute Gasteiger partial charge is 0.275 e. The zero-order chi connectivity index (χ0) is 17.4. The summed E-state index contributed by atoms with van der Waals surface area (Å²) in [6, 6.07) is 11.5. The molecule has 0 saturated carbocycles. The van der Waals surface area contributed by atoms with Crippen molar-refractivity contribution in [2.24, 2.45) is 7.05 Å². The van der Waals surface area contributed by atoms with Crippen molar-refractivity contribution in [2.75, 3.05) is 5.32 Å². The molecule has 0 radical (unpaired) electrons. The monoisotopic (exact) mass is 333 g/mol. The van der Waals surface area contributed by atoms with Gasteiger partial charge < -0.3 is 5.32 Å². The fourth-order valence-corrected chi connectivity index (χ4v) is 3.33. The molecule has 3 aromatic rings. The first-order chi connectivity index (χ1) is 12.1. The number of benzene rings is 1. The van der Waals surface area contributed by atoms with E-state index in [9.17, 15) is 4.79 Å². The Bertz CT molecular complexity index is 946. The molecule has 1 aliphatic rings. The van der Waals surface area contributed by atoms with E-state index in [0.29, 0.717) is 17.3 Å². The highest BCUT2D eigenvalue weighted by Crippen LogP contribution is 2.25. The second-order valence-electron chi connectivity index (χ2n) is 6.29. The van der Waals surface area contributed by atoms with Gasteiger partial charge in [-0.2, -0.15) is 5.10 Å². The van der Waals surface area contributed by atoms with Crippen LogP contribution in [0.4, 0.5) is 5.82 Å². The normalized spacial score (nSPS) is 12.9.